The first-order chi connectivity index (χ1) is 9.33. The van der Waals surface area contributed by atoms with Crippen molar-refractivity contribution < 1.29 is 4.74 Å². The van der Waals surface area contributed by atoms with Gasteiger partial charge in [-0.15, -0.1) is 0 Å². The van der Waals surface area contributed by atoms with Gasteiger partial charge >= 0.3 is 0 Å². The fourth-order valence-corrected chi connectivity index (χ4v) is 1.83. The Morgan fingerprint density at radius 2 is 2.16 bits per heavy atom. The van der Waals surface area contributed by atoms with E-state index in [0.717, 1.165) is 16.8 Å². The molecule has 2 aromatic rings. The van der Waals surface area contributed by atoms with Gasteiger partial charge in [-0.1, -0.05) is 24.3 Å². The van der Waals surface area contributed by atoms with E-state index in [1.807, 2.05) is 18.2 Å². The van der Waals surface area contributed by atoms with Gasteiger partial charge in [0.15, 0.2) is 0 Å². The number of rotatable bonds is 5. The average Bonchev–Trinajstić information content (AvgIpc) is 2.46. The number of hydrogen-bond acceptors (Lipinski definition) is 4. The van der Waals surface area contributed by atoms with Crippen LogP contribution >= 0.6 is 0 Å². The molecular weight excluding hydrogens is 238 g/mol. The second-order valence-corrected chi connectivity index (χ2v) is 4.14. The van der Waals surface area contributed by atoms with Crippen molar-refractivity contribution in [1.29, 1.82) is 5.26 Å². The van der Waals surface area contributed by atoms with Crippen molar-refractivity contribution in [1.82, 2.24) is 4.98 Å². The van der Waals surface area contributed by atoms with Gasteiger partial charge < -0.3 is 10.1 Å². The minimum absolute atomic E-state index is 0.600. The summed E-state index contributed by atoms with van der Waals surface area (Å²) in [4.78, 5) is 4.02. The number of benzene rings is 1. The number of methoxy groups -OCH3 is 1. The second kappa shape index (κ2) is 6.53. The van der Waals surface area contributed by atoms with Crippen molar-refractivity contribution in [3.8, 4) is 6.07 Å². The molecule has 1 heterocycles. The van der Waals surface area contributed by atoms with Crippen LogP contribution in [-0.2, 0) is 17.9 Å². The second-order valence-electron chi connectivity index (χ2n) is 4.14. The summed E-state index contributed by atoms with van der Waals surface area (Å²) in [6, 6.07) is 12.0. The third-order valence-corrected chi connectivity index (χ3v) is 2.73. The van der Waals surface area contributed by atoms with Crippen molar-refractivity contribution in [2.75, 3.05) is 12.4 Å². The van der Waals surface area contributed by atoms with Crippen LogP contribution in [0.4, 0.5) is 5.69 Å². The van der Waals surface area contributed by atoms with E-state index in [4.69, 9.17) is 10.00 Å². The largest absolute Gasteiger partial charge is 0.380 e. The Labute approximate surface area is 112 Å². The summed E-state index contributed by atoms with van der Waals surface area (Å²) in [5.74, 6) is 0. The lowest BCUT2D eigenvalue weighted by atomic mass is 10.1. The molecule has 0 saturated heterocycles. The summed E-state index contributed by atoms with van der Waals surface area (Å²) in [5, 5.41) is 12.2. The number of pyridine rings is 1. The molecule has 0 atom stereocenters. The van der Waals surface area contributed by atoms with Gasteiger partial charge in [0.2, 0.25) is 0 Å². The number of aromatic nitrogens is 1. The molecule has 96 valence electrons. The first-order valence-corrected chi connectivity index (χ1v) is 5.98. The Bertz CT molecular complexity index is 590. The van der Waals surface area contributed by atoms with Crippen molar-refractivity contribution in [3.63, 3.8) is 0 Å². The van der Waals surface area contributed by atoms with Gasteiger partial charge in [0, 0.05) is 19.9 Å². The Morgan fingerprint density at radius 3 is 2.95 bits per heavy atom. The number of ether oxygens (including phenoxy) is 1. The zero-order valence-corrected chi connectivity index (χ0v) is 10.8. The minimum atomic E-state index is 0.600. The summed E-state index contributed by atoms with van der Waals surface area (Å²) < 4.78 is 5.11. The Balaban J connectivity index is 2.06. The third kappa shape index (κ3) is 3.54. The van der Waals surface area contributed by atoms with Crippen LogP contribution in [0.5, 0.6) is 0 Å². The topological polar surface area (TPSA) is 57.9 Å². The van der Waals surface area contributed by atoms with E-state index < -0.39 is 0 Å². The van der Waals surface area contributed by atoms with E-state index in [1.165, 1.54) is 0 Å². The van der Waals surface area contributed by atoms with E-state index >= 15 is 0 Å². The smallest absolute Gasteiger partial charge is 0.101 e. The summed E-state index contributed by atoms with van der Waals surface area (Å²) in [5.41, 5.74) is 3.63. The molecule has 4 heteroatoms. The molecule has 2 rings (SSSR count). The van der Waals surface area contributed by atoms with E-state index in [1.54, 1.807) is 25.6 Å². The fraction of sp³-hybridized carbons (Fsp3) is 0.200. The highest BCUT2D eigenvalue weighted by molar-refractivity contribution is 5.55. The molecule has 0 aliphatic carbocycles. The predicted octanol–water partition coefficient (Wildman–Crippen LogP) is 2.71. The Hall–Kier alpha value is -2.38. The van der Waals surface area contributed by atoms with Gasteiger partial charge in [-0.2, -0.15) is 5.26 Å². The predicted molar refractivity (Wildman–Crippen MR) is 73.4 cm³/mol. The summed E-state index contributed by atoms with van der Waals surface area (Å²) in [6.45, 7) is 1.25. The molecule has 1 aromatic heterocycles. The van der Waals surface area contributed by atoms with Crippen LogP contribution in [0.3, 0.4) is 0 Å². The molecule has 4 nitrogen and oxygen atoms in total. The molecule has 0 amide bonds. The highest BCUT2D eigenvalue weighted by atomic mass is 16.5. The number of nitriles is 1. The van der Waals surface area contributed by atoms with E-state index in [2.05, 4.69) is 22.4 Å². The molecule has 19 heavy (non-hydrogen) atoms. The number of hydrogen-bond donors (Lipinski definition) is 1. The SMILES string of the molecule is COCc1cccc(CNc2cnccc2C#N)c1. The van der Waals surface area contributed by atoms with Crippen LogP contribution < -0.4 is 5.32 Å². The minimum Gasteiger partial charge on any atom is -0.380 e. The van der Waals surface area contributed by atoms with Gasteiger partial charge in [0.1, 0.15) is 6.07 Å². The highest BCUT2D eigenvalue weighted by Gasteiger charge is 2.01. The van der Waals surface area contributed by atoms with Crippen molar-refractivity contribution in [3.05, 3.63) is 59.4 Å². The normalized spacial score (nSPS) is 9.89. The molecule has 0 spiro atoms. The van der Waals surface area contributed by atoms with Crippen LogP contribution in [-0.4, -0.2) is 12.1 Å². The van der Waals surface area contributed by atoms with Crippen molar-refractivity contribution in [2.24, 2.45) is 0 Å². The third-order valence-electron chi connectivity index (χ3n) is 2.73. The lowest BCUT2D eigenvalue weighted by Crippen LogP contribution is -2.02. The molecule has 1 aromatic carbocycles. The van der Waals surface area contributed by atoms with Crippen LogP contribution in [0.1, 0.15) is 16.7 Å². The van der Waals surface area contributed by atoms with E-state index in [-0.39, 0.29) is 0 Å². The molecule has 0 radical (unpaired) electrons. The summed E-state index contributed by atoms with van der Waals surface area (Å²) >= 11 is 0. The summed E-state index contributed by atoms with van der Waals surface area (Å²) in [7, 11) is 1.68. The lowest BCUT2D eigenvalue weighted by Gasteiger charge is -2.08. The van der Waals surface area contributed by atoms with E-state index in [0.29, 0.717) is 18.7 Å². The van der Waals surface area contributed by atoms with Crippen LogP contribution in [0, 0.1) is 11.3 Å². The maximum absolute atomic E-state index is 9.00. The Morgan fingerprint density at radius 1 is 1.32 bits per heavy atom. The van der Waals surface area contributed by atoms with Crippen LogP contribution in [0.25, 0.3) is 0 Å². The molecule has 0 aliphatic heterocycles. The molecule has 0 saturated carbocycles. The lowest BCUT2D eigenvalue weighted by molar-refractivity contribution is 0.185. The number of nitrogens with one attached hydrogen (secondary N) is 1. The van der Waals surface area contributed by atoms with Crippen LogP contribution in [0.2, 0.25) is 0 Å². The highest BCUT2D eigenvalue weighted by Crippen LogP contribution is 2.14. The maximum Gasteiger partial charge on any atom is 0.101 e. The molecule has 0 fully saturated rings. The van der Waals surface area contributed by atoms with Crippen molar-refractivity contribution in [2.45, 2.75) is 13.2 Å². The first kappa shape index (κ1) is 13.1. The zero-order valence-electron chi connectivity index (χ0n) is 10.8. The molecule has 1 N–H and O–H groups in total. The molecule has 0 unspecified atom stereocenters. The first-order valence-electron chi connectivity index (χ1n) is 5.98. The molecular formula is C15H15N3O. The monoisotopic (exact) mass is 253 g/mol. The van der Waals surface area contributed by atoms with Gasteiger partial charge in [-0.25, -0.2) is 0 Å². The number of anilines is 1. The Kier molecular flexibility index (Phi) is 4.49. The molecule has 0 bridgehead atoms. The van der Waals surface area contributed by atoms with Gasteiger partial charge in [-0.05, 0) is 17.2 Å². The standard InChI is InChI=1S/C15H15N3O/c1-19-11-13-4-2-3-12(7-13)9-18-15-10-17-6-5-14(15)8-16/h2-7,10,18H,9,11H2,1H3. The fourth-order valence-electron chi connectivity index (χ4n) is 1.83. The van der Waals surface area contributed by atoms with Gasteiger partial charge in [-0.3, -0.25) is 4.98 Å². The van der Waals surface area contributed by atoms with Gasteiger partial charge in [0.05, 0.1) is 24.1 Å². The maximum atomic E-state index is 9.00. The van der Waals surface area contributed by atoms with Gasteiger partial charge in [0.25, 0.3) is 0 Å². The van der Waals surface area contributed by atoms with Crippen molar-refractivity contribution >= 4 is 5.69 Å². The quantitative estimate of drug-likeness (QED) is 0.890. The number of nitrogens with zero attached hydrogens (tertiary/aromatic N) is 2. The zero-order chi connectivity index (χ0) is 13.5. The summed E-state index contributed by atoms with van der Waals surface area (Å²) in [6.07, 6.45) is 3.28. The molecule has 0 aliphatic rings. The average molecular weight is 253 g/mol. The van der Waals surface area contributed by atoms with Crippen LogP contribution in [0.15, 0.2) is 42.7 Å². The van der Waals surface area contributed by atoms with E-state index in [9.17, 15) is 0 Å².